The van der Waals surface area contributed by atoms with Gasteiger partial charge in [0.2, 0.25) is 10.0 Å². The van der Waals surface area contributed by atoms with Gasteiger partial charge in [0.15, 0.2) is 0 Å². The van der Waals surface area contributed by atoms with Crippen molar-refractivity contribution in [3.05, 3.63) is 17.0 Å². The molecule has 0 saturated heterocycles. The summed E-state index contributed by atoms with van der Waals surface area (Å²) < 4.78 is 27.2. The smallest absolute Gasteiger partial charge is 0.250 e. The summed E-state index contributed by atoms with van der Waals surface area (Å²) in [6.07, 6.45) is 6.02. The molecule has 1 saturated carbocycles. The first-order valence-corrected chi connectivity index (χ1v) is 8.70. The van der Waals surface area contributed by atoms with Crippen LogP contribution in [0.5, 0.6) is 0 Å². The largest absolute Gasteiger partial charge is 0.326 e. The van der Waals surface area contributed by atoms with Crippen LogP contribution in [0.15, 0.2) is 16.3 Å². The summed E-state index contributed by atoms with van der Waals surface area (Å²) in [6.45, 7) is 0.959. The fourth-order valence-corrected chi connectivity index (χ4v) is 4.70. The van der Waals surface area contributed by atoms with E-state index in [1.54, 1.807) is 12.1 Å². The number of nitrogens with one attached hydrogen (secondary N) is 1. The molecule has 1 aliphatic rings. The Hall–Kier alpha value is -0.430. The molecule has 0 radical (unpaired) electrons. The Morgan fingerprint density at radius 2 is 2.00 bits per heavy atom. The van der Waals surface area contributed by atoms with Gasteiger partial charge in [-0.3, -0.25) is 0 Å². The summed E-state index contributed by atoms with van der Waals surface area (Å²) in [5.74, 6) is 0.502. The SMILES string of the molecule is NCc1ccc(S(=O)(=O)NCC2CCCCC2)s1. The van der Waals surface area contributed by atoms with Crippen molar-refractivity contribution in [3.63, 3.8) is 0 Å². The first-order chi connectivity index (χ1) is 8.62. The van der Waals surface area contributed by atoms with Crippen molar-refractivity contribution in [3.8, 4) is 0 Å². The highest BCUT2D eigenvalue weighted by molar-refractivity contribution is 7.91. The minimum Gasteiger partial charge on any atom is -0.326 e. The zero-order valence-corrected chi connectivity index (χ0v) is 12.0. The number of rotatable bonds is 5. The Kier molecular flexibility index (Phi) is 4.77. The molecular weight excluding hydrogens is 268 g/mol. The van der Waals surface area contributed by atoms with E-state index in [2.05, 4.69) is 4.72 Å². The molecule has 1 aliphatic carbocycles. The van der Waals surface area contributed by atoms with Gasteiger partial charge in [0, 0.05) is 18.0 Å². The fraction of sp³-hybridized carbons (Fsp3) is 0.667. The van der Waals surface area contributed by atoms with Gasteiger partial charge in [-0.05, 0) is 30.9 Å². The number of hydrogen-bond acceptors (Lipinski definition) is 4. The van der Waals surface area contributed by atoms with Gasteiger partial charge in [-0.2, -0.15) is 0 Å². The van der Waals surface area contributed by atoms with Crippen LogP contribution in [-0.2, 0) is 16.6 Å². The second-order valence-corrected chi connectivity index (χ2v) is 7.94. The summed E-state index contributed by atoms with van der Waals surface area (Å²) in [5, 5.41) is 0. The molecule has 0 aromatic carbocycles. The van der Waals surface area contributed by atoms with Crippen LogP contribution in [0, 0.1) is 5.92 Å². The second-order valence-electron chi connectivity index (χ2n) is 4.78. The van der Waals surface area contributed by atoms with E-state index in [4.69, 9.17) is 5.73 Å². The number of sulfonamides is 1. The molecule has 0 aliphatic heterocycles. The van der Waals surface area contributed by atoms with Crippen molar-refractivity contribution >= 4 is 21.4 Å². The van der Waals surface area contributed by atoms with E-state index < -0.39 is 10.0 Å². The normalized spacial score (nSPS) is 18.1. The number of hydrogen-bond donors (Lipinski definition) is 2. The third kappa shape index (κ3) is 3.54. The van der Waals surface area contributed by atoms with Crippen molar-refractivity contribution in [2.24, 2.45) is 11.7 Å². The lowest BCUT2D eigenvalue weighted by atomic mass is 9.90. The maximum absolute atomic E-state index is 12.1. The highest BCUT2D eigenvalue weighted by atomic mass is 32.2. The van der Waals surface area contributed by atoms with Gasteiger partial charge in [-0.25, -0.2) is 13.1 Å². The van der Waals surface area contributed by atoms with Crippen molar-refractivity contribution in [2.45, 2.75) is 42.9 Å². The molecule has 4 nitrogen and oxygen atoms in total. The lowest BCUT2D eigenvalue weighted by Gasteiger charge is -2.21. The van der Waals surface area contributed by atoms with Gasteiger partial charge >= 0.3 is 0 Å². The average Bonchev–Trinajstić information content (AvgIpc) is 2.87. The number of nitrogens with two attached hydrogens (primary N) is 1. The molecule has 18 heavy (non-hydrogen) atoms. The van der Waals surface area contributed by atoms with Crippen LogP contribution in [0.4, 0.5) is 0 Å². The molecule has 3 N–H and O–H groups in total. The Morgan fingerprint density at radius 1 is 1.28 bits per heavy atom. The van der Waals surface area contributed by atoms with Crippen LogP contribution in [-0.4, -0.2) is 15.0 Å². The van der Waals surface area contributed by atoms with Crippen molar-refractivity contribution in [1.82, 2.24) is 4.72 Å². The third-order valence-electron chi connectivity index (χ3n) is 3.39. The summed E-state index contributed by atoms with van der Waals surface area (Å²) in [6, 6.07) is 3.41. The van der Waals surface area contributed by atoms with Crippen LogP contribution >= 0.6 is 11.3 Å². The molecule has 0 atom stereocenters. The first kappa shape index (κ1) is 14.0. The Labute approximate surface area is 113 Å². The highest BCUT2D eigenvalue weighted by Gasteiger charge is 2.20. The highest BCUT2D eigenvalue weighted by Crippen LogP contribution is 2.24. The van der Waals surface area contributed by atoms with E-state index in [0.29, 0.717) is 23.2 Å². The van der Waals surface area contributed by atoms with Crippen molar-refractivity contribution in [2.75, 3.05) is 6.54 Å². The second kappa shape index (κ2) is 6.14. The van der Waals surface area contributed by atoms with E-state index >= 15 is 0 Å². The quantitative estimate of drug-likeness (QED) is 0.871. The van der Waals surface area contributed by atoms with Crippen molar-refractivity contribution < 1.29 is 8.42 Å². The molecule has 102 valence electrons. The van der Waals surface area contributed by atoms with Gasteiger partial charge in [0.25, 0.3) is 0 Å². The molecule has 0 spiro atoms. The fourth-order valence-electron chi connectivity index (χ4n) is 2.30. The summed E-state index contributed by atoms with van der Waals surface area (Å²) in [5.41, 5.74) is 5.49. The first-order valence-electron chi connectivity index (χ1n) is 6.40. The van der Waals surface area contributed by atoms with Gasteiger partial charge < -0.3 is 5.73 Å². The monoisotopic (exact) mass is 288 g/mol. The zero-order valence-electron chi connectivity index (χ0n) is 10.4. The van der Waals surface area contributed by atoms with E-state index in [1.165, 1.54) is 30.6 Å². The maximum Gasteiger partial charge on any atom is 0.250 e. The van der Waals surface area contributed by atoms with Crippen LogP contribution in [0.2, 0.25) is 0 Å². The summed E-state index contributed by atoms with van der Waals surface area (Å²) in [7, 11) is -3.34. The average molecular weight is 288 g/mol. The van der Waals surface area contributed by atoms with E-state index in [1.807, 2.05) is 0 Å². The minimum absolute atomic E-state index is 0.374. The van der Waals surface area contributed by atoms with Gasteiger partial charge in [-0.1, -0.05) is 19.3 Å². The molecule has 0 bridgehead atoms. The molecule has 2 rings (SSSR count). The molecule has 1 fully saturated rings. The Bertz CT molecular complexity index is 476. The predicted octanol–water partition coefficient (Wildman–Crippen LogP) is 2.07. The van der Waals surface area contributed by atoms with E-state index in [0.717, 1.165) is 17.7 Å². The molecule has 0 amide bonds. The molecule has 1 aromatic heterocycles. The van der Waals surface area contributed by atoms with Gasteiger partial charge in [0.1, 0.15) is 4.21 Å². The van der Waals surface area contributed by atoms with Crippen LogP contribution < -0.4 is 10.5 Å². The predicted molar refractivity (Wildman–Crippen MR) is 74.0 cm³/mol. The molecule has 1 heterocycles. The molecule has 0 unspecified atom stereocenters. The minimum atomic E-state index is -3.34. The van der Waals surface area contributed by atoms with Gasteiger partial charge in [0.05, 0.1) is 0 Å². The van der Waals surface area contributed by atoms with Crippen molar-refractivity contribution in [1.29, 1.82) is 0 Å². The lowest BCUT2D eigenvalue weighted by molar-refractivity contribution is 0.357. The number of thiophene rings is 1. The lowest BCUT2D eigenvalue weighted by Crippen LogP contribution is -2.29. The Morgan fingerprint density at radius 3 is 2.61 bits per heavy atom. The Balaban J connectivity index is 1.94. The van der Waals surface area contributed by atoms with Crippen LogP contribution in [0.3, 0.4) is 0 Å². The molecular formula is C12H20N2O2S2. The van der Waals surface area contributed by atoms with Crippen LogP contribution in [0.1, 0.15) is 37.0 Å². The molecule has 6 heteroatoms. The summed E-state index contributed by atoms with van der Waals surface area (Å²) >= 11 is 1.25. The van der Waals surface area contributed by atoms with E-state index in [-0.39, 0.29) is 0 Å². The molecule has 1 aromatic rings. The summed E-state index contributed by atoms with van der Waals surface area (Å²) in [4.78, 5) is 0.896. The van der Waals surface area contributed by atoms with E-state index in [9.17, 15) is 8.42 Å². The van der Waals surface area contributed by atoms with Gasteiger partial charge in [-0.15, -0.1) is 11.3 Å². The topological polar surface area (TPSA) is 72.2 Å². The maximum atomic E-state index is 12.1. The zero-order chi connectivity index (χ0) is 13.0. The third-order valence-corrected chi connectivity index (χ3v) is 6.41. The van der Waals surface area contributed by atoms with Crippen LogP contribution in [0.25, 0.3) is 0 Å². The standard InChI is InChI=1S/C12H20N2O2S2/c13-8-11-6-7-12(17-11)18(15,16)14-9-10-4-2-1-3-5-10/h6-7,10,14H,1-5,8-9,13H2.